The smallest absolute Gasteiger partial charge is 0.342 e. The Morgan fingerprint density at radius 3 is 2.23 bits per heavy atom. The fourth-order valence-corrected chi connectivity index (χ4v) is 4.51. The number of hydrogen-bond acceptors (Lipinski definition) is 4. The first-order valence-electron chi connectivity index (χ1n) is 5.70. The highest BCUT2D eigenvalue weighted by Crippen LogP contribution is 2.34. The summed E-state index contributed by atoms with van der Waals surface area (Å²) in [5.74, 6) is -1.02. The van der Waals surface area contributed by atoms with E-state index in [1.807, 2.05) is 0 Å². The van der Waals surface area contributed by atoms with Crippen LogP contribution in [-0.2, 0) is 10.1 Å². The minimum absolute atomic E-state index is 0.0737. The predicted octanol–water partition coefficient (Wildman–Crippen LogP) is 3.62. The van der Waals surface area contributed by atoms with Gasteiger partial charge in [0.25, 0.3) is 5.91 Å². The van der Waals surface area contributed by atoms with Gasteiger partial charge >= 0.3 is 10.1 Å². The number of nitrogens with two attached hydrogens (primary N) is 1. The van der Waals surface area contributed by atoms with Crippen molar-refractivity contribution in [2.24, 2.45) is 5.73 Å². The second-order valence-electron chi connectivity index (χ2n) is 4.10. The molecule has 116 valence electrons. The van der Waals surface area contributed by atoms with Crippen LogP contribution >= 0.6 is 39.1 Å². The van der Waals surface area contributed by atoms with Crippen LogP contribution in [0.3, 0.4) is 0 Å². The third-order valence-corrected chi connectivity index (χ3v) is 5.18. The van der Waals surface area contributed by atoms with Crippen molar-refractivity contribution in [3.8, 4) is 5.75 Å². The zero-order valence-electron chi connectivity index (χ0n) is 10.7. The Balaban J connectivity index is 2.53. The van der Waals surface area contributed by atoms with Gasteiger partial charge in [-0.15, -0.1) is 0 Å². The number of benzene rings is 2. The van der Waals surface area contributed by atoms with Crippen LogP contribution in [0.1, 0.15) is 10.4 Å². The van der Waals surface area contributed by atoms with Crippen molar-refractivity contribution < 1.29 is 17.4 Å². The van der Waals surface area contributed by atoms with Crippen LogP contribution < -0.4 is 9.92 Å². The lowest BCUT2D eigenvalue weighted by Gasteiger charge is -2.12. The molecule has 2 N–H and O–H groups in total. The molecular weight excluding hydrogens is 417 g/mol. The number of para-hydroxylation sites is 1. The highest BCUT2D eigenvalue weighted by atomic mass is 79.9. The topological polar surface area (TPSA) is 86.5 Å². The van der Waals surface area contributed by atoms with Crippen LogP contribution in [0.2, 0.25) is 10.0 Å². The number of hydrogen-bond donors (Lipinski definition) is 1. The summed E-state index contributed by atoms with van der Waals surface area (Å²) in [5.41, 5.74) is 5.11. The molecule has 0 spiro atoms. The van der Waals surface area contributed by atoms with Crippen molar-refractivity contribution in [3.63, 3.8) is 0 Å². The minimum Gasteiger partial charge on any atom is -0.378 e. The van der Waals surface area contributed by atoms with Crippen molar-refractivity contribution in [2.75, 3.05) is 0 Å². The van der Waals surface area contributed by atoms with Crippen LogP contribution in [-0.4, -0.2) is 14.3 Å². The molecule has 0 aliphatic carbocycles. The zero-order chi connectivity index (χ0) is 16.5. The molecule has 2 aromatic rings. The summed E-state index contributed by atoms with van der Waals surface area (Å²) in [6.07, 6.45) is 0. The molecule has 2 aromatic carbocycles. The maximum absolute atomic E-state index is 12.4. The first kappa shape index (κ1) is 17.1. The Morgan fingerprint density at radius 1 is 1.14 bits per heavy atom. The van der Waals surface area contributed by atoms with Crippen LogP contribution in [0.15, 0.2) is 45.8 Å². The minimum atomic E-state index is -4.34. The third-order valence-electron chi connectivity index (χ3n) is 2.57. The lowest BCUT2D eigenvalue weighted by molar-refractivity contribution is 0.0999. The van der Waals surface area contributed by atoms with E-state index in [-0.39, 0.29) is 21.4 Å². The summed E-state index contributed by atoms with van der Waals surface area (Å²) in [6, 6.07) is 8.41. The van der Waals surface area contributed by atoms with Gasteiger partial charge in [0.2, 0.25) is 0 Å². The average molecular weight is 425 g/mol. The summed E-state index contributed by atoms with van der Waals surface area (Å²) in [5, 5.41) is -0.230. The van der Waals surface area contributed by atoms with Crippen molar-refractivity contribution in [3.05, 3.63) is 56.5 Å². The quantitative estimate of drug-likeness (QED) is 0.759. The maximum Gasteiger partial charge on any atom is 0.342 e. The first-order chi connectivity index (χ1) is 10.2. The van der Waals surface area contributed by atoms with Crippen LogP contribution in [0.25, 0.3) is 0 Å². The summed E-state index contributed by atoms with van der Waals surface area (Å²) in [6.45, 7) is 0. The molecule has 0 atom stereocenters. The van der Waals surface area contributed by atoms with Crippen molar-refractivity contribution in [1.82, 2.24) is 0 Å². The molecule has 0 aliphatic rings. The SMILES string of the molecule is NC(=O)c1ccccc1OS(=O)(=O)c1c(Cl)cc(Br)cc1Cl. The third kappa shape index (κ3) is 3.55. The Kier molecular flexibility index (Phi) is 5.01. The number of carbonyl (C=O) groups is 1. The van der Waals surface area contributed by atoms with Crippen molar-refractivity contribution in [1.29, 1.82) is 0 Å². The fraction of sp³-hybridized carbons (Fsp3) is 0. The molecule has 0 aliphatic heterocycles. The number of carbonyl (C=O) groups excluding carboxylic acids is 1. The summed E-state index contributed by atoms with van der Waals surface area (Å²) in [7, 11) is -4.34. The van der Waals surface area contributed by atoms with Crippen LogP contribution in [0.4, 0.5) is 0 Å². The van der Waals surface area contributed by atoms with Gasteiger partial charge in [-0.2, -0.15) is 8.42 Å². The van der Waals surface area contributed by atoms with Crippen molar-refractivity contribution >= 4 is 55.2 Å². The molecule has 5 nitrogen and oxygen atoms in total. The van der Waals surface area contributed by atoms with E-state index in [4.69, 9.17) is 33.1 Å². The van der Waals surface area contributed by atoms with E-state index in [0.29, 0.717) is 4.47 Å². The molecule has 0 bridgehead atoms. The zero-order valence-corrected chi connectivity index (χ0v) is 14.6. The highest BCUT2D eigenvalue weighted by Gasteiger charge is 2.26. The molecule has 0 saturated heterocycles. The van der Waals surface area contributed by atoms with Crippen molar-refractivity contribution in [2.45, 2.75) is 4.90 Å². The number of halogens is 3. The Morgan fingerprint density at radius 2 is 1.68 bits per heavy atom. The maximum atomic E-state index is 12.4. The second kappa shape index (κ2) is 6.45. The Bertz CT molecular complexity index is 832. The lowest BCUT2D eigenvalue weighted by atomic mass is 10.2. The largest absolute Gasteiger partial charge is 0.378 e. The van der Waals surface area contributed by atoms with Gasteiger partial charge in [-0.25, -0.2) is 0 Å². The molecule has 0 unspecified atom stereocenters. The summed E-state index contributed by atoms with van der Waals surface area (Å²) >= 11 is 15.0. The molecule has 0 fully saturated rings. The van der Waals surface area contributed by atoms with E-state index in [1.54, 1.807) is 0 Å². The van der Waals surface area contributed by atoms with Gasteiger partial charge in [0.15, 0.2) is 5.75 Å². The van der Waals surface area contributed by atoms with Gasteiger partial charge < -0.3 is 9.92 Å². The summed E-state index contributed by atoms with van der Waals surface area (Å²) < 4.78 is 30.2. The molecule has 0 heterocycles. The van der Waals surface area contributed by atoms with E-state index in [9.17, 15) is 13.2 Å². The molecule has 2 rings (SSSR count). The molecule has 0 aromatic heterocycles. The van der Waals surface area contributed by atoms with E-state index in [1.165, 1.54) is 36.4 Å². The first-order valence-corrected chi connectivity index (χ1v) is 8.66. The van der Waals surface area contributed by atoms with E-state index < -0.39 is 20.9 Å². The predicted molar refractivity (Wildman–Crippen MR) is 86.9 cm³/mol. The number of primary amides is 1. The standard InChI is InChI=1S/C13H8BrCl2NO4S/c14-7-5-9(15)12(10(16)6-7)22(19,20)21-11-4-2-1-3-8(11)13(17)18/h1-6H,(H2,17,18). The second-order valence-corrected chi connectivity index (χ2v) is 7.31. The molecule has 0 saturated carbocycles. The molecular formula is C13H8BrCl2NO4S. The van der Waals surface area contributed by atoms with Gasteiger partial charge in [-0.3, -0.25) is 4.79 Å². The monoisotopic (exact) mass is 423 g/mol. The van der Waals surface area contributed by atoms with Gasteiger partial charge in [0.1, 0.15) is 4.90 Å². The Hall–Kier alpha value is -1.28. The van der Waals surface area contributed by atoms with Crippen LogP contribution in [0, 0.1) is 0 Å². The number of rotatable bonds is 4. The van der Waals surface area contributed by atoms with E-state index >= 15 is 0 Å². The van der Waals surface area contributed by atoms with E-state index in [0.717, 1.165) is 0 Å². The van der Waals surface area contributed by atoms with E-state index in [2.05, 4.69) is 15.9 Å². The van der Waals surface area contributed by atoms with Gasteiger partial charge in [0, 0.05) is 4.47 Å². The normalized spacial score (nSPS) is 11.2. The number of amides is 1. The van der Waals surface area contributed by atoms with Gasteiger partial charge in [0.05, 0.1) is 15.6 Å². The summed E-state index contributed by atoms with van der Waals surface area (Å²) in [4.78, 5) is 10.9. The molecule has 1 amide bonds. The molecule has 0 radical (unpaired) electrons. The average Bonchev–Trinajstić information content (AvgIpc) is 2.36. The van der Waals surface area contributed by atoms with Crippen LogP contribution in [0.5, 0.6) is 5.75 Å². The fourth-order valence-electron chi connectivity index (χ4n) is 1.67. The highest BCUT2D eigenvalue weighted by molar-refractivity contribution is 9.10. The Labute approximate surface area is 145 Å². The molecule has 9 heteroatoms. The van der Waals surface area contributed by atoms with Gasteiger partial charge in [-0.1, -0.05) is 51.3 Å². The molecule has 22 heavy (non-hydrogen) atoms. The lowest BCUT2D eigenvalue weighted by Crippen LogP contribution is -2.16. The van der Waals surface area contributed by atoms with Gasteiger partial charge in [-0.05, 0) is 24.3 Å².